The van der Waals surface area contributed by atoms with Crippen LogP contribution in [0.1, 0.15) is 10.6 Å². The lowest BCUT2D eigenvalue weighted by Gasteiger charge is -2.05. The molecule has 1 aromatic heterocycles. The van der Waals surface area contributed by atoms with Gasteiger partial charge in [-0.3, -0.25) is 4.72 Å². The van der Waals surface area contributed by atoms with Crippen molar-refractivity contribution in [3.8, 4) is 5.75 Å². The fourth-order valence-electron chi connectivity index (χ4n) is 1.35. The van der Waals surface area contributed by atoms with Gasteiger partial charge in [0, 0.05) is 6.07 Å². The number of hydrogen-bond donors (Lipinski definition) is 3. The number of rotatable bonds is 4. The van der Waals surface area contributed by atoms with E-state index in [9.17, 15) is 18.3 Å². The third-order valence-electron chi connectivity index (χ3n) is 2.16. The maximum atomic E-state index is 11.9. The van der Waals surface area contributed by atoms with Gasteiger partial charge in [-0.1, -0.05) is 6.07 Å². The Bertz CT molecular complexity index is 718. The van der Waals surface area contributed by atoms with Gasteiger partial charge in [0.05, 0.1) is 5.69 Å². The van der Waals surface area contributed by atoms with E-state index in [2.05, 4.69) is 4.72 Å². The number of nitrogens with one attached hydrogen (secondary N) is 1. The van der Waals surface area contributed by atoms with E-state index in [0.29, 0.717) is 0 Å². The Morgan fingerprint density at radius 2 is 1.95 bits per heavy atom. The van der Waals surface area contributed by atoms with Crippen LogP contribution >= 0.6 is 0 Å². The van der Waals surface area contributed by atoms with Gasteiger partial charge in [-0.25, -0.2) is 4.79 Å². The molecule has 0 unspecified atom stereocenters. The number of aromatic hydroxyl groups is 1. The Balaban J connectivity index is 2.29. The molecule has 0 spiro atoms. The molecule has 0 saturated heterocycles. The van der Waals surface area contributed by atoms with E-state index in [0.717, 1.165) is 12.1 Å². The number of carbonyl (C=O) groups is 1. The van der Waals surface area contributed by atoms with Crippen molar-refractivity contribution in [2.24, 2.45) is 0 Å². The van der Waals surface area contributed by atoms with Gasteiger partial charge in [0.15, 0.2) is 0 Å². The van der Waals surface area contributed by atoms with E-state index in [4.69, 9.17) is 9.52 Å². The number of sulfonamides is 1. The van der Waals surface area contributed by atoms with E-state index in [1.54, 1.807) is 0 Å². The van der Waals surface area contributed by atoms with Gasteiger partial charge in [0.2, 0.25) is 10.9 Å². The number of phenols is 1. The fraction of sp³-hybridized carbons (Fsp3) is 0. The topological polar surface area (TPSA) is 117 Å². The Morgan fingerprint density at radius 1 is 1.21 bits per heavy atom. The van der Waals surface area contributed by atoms with E-state index >= 15 is 0 Å². The molecule has 0 amide bonds. The summed E-state index contributed by atoms with van der Waals surface area (Å²) in [4.78, 5) is 10.6. The van der Waals surface area contributed by atoms with Gasteiger partial charge >= 0.3 is 5.97 Å². The molecule has 1 heterocycles. The summed E-state index contributed by atoms with van der Waals surface area (Å²) in [5, 5.41) is 17.3. The van der Waals surface area contributed by atoms with Crippen LogP contribution in [0.2, 0.25) is 0 Å². The van der Waals surface area contributed by atoms with Crippen LogP contribution in [0.4, 0.5) is 5.69 Å². The van der Waals surface area contributed by atoms with E-state index < -0.39 is 26.8 Å². The molecule has 3 N–H and O–H groups in total. The second-order valence-corrected chi connectivity index (χ2v) is 5.19. The Hall–Kier alpha value is -2.48. The molecule has 0 aliphatic rings. The lowest BCUT2D eigenvalue weighted by atomic mass is 10.3. The van der Waals surface area contributed by atoms with Gasteiger partial charge in [-0.2, -0.15) is 8.42 Å². The maximum absolute atomic E-state index is 11.9. The summed E-state index contributed by atoms with van der Waals surface area (Å²) in [6, 6.07) is 7.55. The molecule has 0 aliphatic carbocycles. The highest BCUT2D eigenvalue weighted by atomic mass is 32.2. The molecule has 100 valence electrons. The highest BCUT2D eigenvalue weighted by Gasteiger charge is 2.21. The normalized spacial score (nSPS) is 11.2. The first-order valence-electron chi connectivity index (χ1n) is 5.03. The average molecular weight is 283 g/mol. The van der Waals surface area contributed by atoms with Crippen LogP contribution in [0, 0.1) is 0 Å². The largest absolute Gasteiger partial charge is 0.508 e. The van der Waals surface area contributed by atoms with Gasteiger partial charge in [-0.15, -0.1) is 0 Å². The molecule has 0 fully saturated rings. The molecule has 0 bridgehead atoms. The van der Waals surface area contributed by atoms with Gasteiger partial charge in [0.1, 0.15) is 5.75 Å². The van der Waals surface area contributed by atoms with Crippen molar-refractivity contribution >= 4 is 21.7 Å². The molecule has 0 aliphatic heterocycles. The van der Waals surface area contributed by atoms with Crippen LogP contribution in [0.25, 0.3) is 0 Å². The predicted molar refractivity (Wildman–Crippen MR) is 64.6 cm³/mol. The van der Waals surface area contributed by atoms with Crippen molar-refractivity contribution in [2.75, 3.05) is 4.72 Å². The van der Waals surface area contributed by atoms with E-state index in [1.807, 2.05) is 0 Å². The number of carboxylic acid groups (broad SMARTS) is 1. The summed E-state index contributed by atoms with van der Waals surface area (Å²) < 4.78 is 30.6. The molecule has 2 rings (SSSR count). The van der Waals surface area contributed by atoms with Crippen molar-refractivity contribution in [1.29, 1.82) is 0 Å². The molecule has 8 heteroatoms. The highest BCUT2D eigenvalue weighted by Crippen LogP contribution is 2.21. The van der Waals surface area contributed by atoms with Gasteiger partial charge in [0.25, 0.3) is 10.0 Å². The standard InChI is InChI=1S/C11H9NO6S/c13-8-3-1-2-7(6-8)12-19(16,17)10-5-4-9(18-10)11(14)15/h1-6,12-13H,(H,14,15). The van der Waals surface area contributed by atoms with Gasteiger partial charge in [-0.05, 0) is 24.3 Å². The first-order chi connectivity index (χ1) is 8.88. The minimum atomic E-state index is -4.03. The van der Waals surface area contributed by atoms with Crippen LogP contribution < -0.4 is 4.72 Å². The smallest absolute Gasteiger partial charge is 0.371 e. The summed E-state index contributed by atoms with van der Waals surface area (Å²) in [5.74, 6) is -1.94. The third-order valence-corrected chi connectivity index (χ3v) is 3.41. The second kappa shape index (κ2) is 4.65. The lowest BCUT2D eigenvalue weighted by Crippen LogP contribution is -2.12. The predicted octanol–water partition coefficient (Wildman–Crippen LogP) is 1.48. The minimum absolute atomic E-state index is 0.106. The average Bonchev–Trinajstić information content (AvgIpc) is 2.78. The number of aromatic carboxylic acids is 1. The molecular formula is C11H9NO6S. The van der Waals surface area contributed by atoms with Crippen molar-refractivity contribution < 1.29 is 27.8 Å². The summed E-state index contributed by atoms with van der Waals surface area (Å²) >= 11 is 0. The summed E-state index contributed by atoms with van der Waals surface area (Å²) in [7, 11) is -4.03. The second-order valence-electron chi connectivity index (χ2n) is 3.58. The SMILES string of the molecule is O=C(O)c1ccc(S(=O)(=O)Nc2cccc(O)c2)o1. The molecule has 0 atom stereocenters. The highest BCUT2D eigenvalue weighted by molar-refractivity contribution is 7.92. The third kappa shape index (κ3) is 2.86. The molecular weight excluding hydrogens is 274 g/mol. The number of phenolic OH excluding ortho intramolecular Hbond substituents is 1. The number of anilines is 1. The summed E-state index contributed by atoms with van der Waals surface area (Å²) in [5.41, 5.74) is 0.133. The number of carboxylic acids is 1. The van der Waals surface area contributed by atoms with E-state index in [-0.39, 0.29) is 11.4 Å². The number of benzene rings is 1. The lowest BCUT2D eigenvalue weighted by molar-refractivity contribution is 0.0656. The quantitative estimate of drug-likeness (QED) is 0.782. The number of hydrogen-bond acceptors (Lipinski definition) is 5. The minimum Gasteiger partial charge on any atom is -0.508 e. The van der Waals surface area contributed by atoms with E-state index in [1.165, 1.54) is 24.3 Å². The van der Waals surface area contributed by atoms with Crippen LogP contribution in [0.5, 0.6) is 5.75 Å². The molecule has 7 nitrogen and oxygen atoms in total. The Morgan fingerprint density at radius 3 is 2.53 bits per heavy atom. The van der Waals surface area contributed by atoms with Crippen molar-refractivity contribution in [3.05, 3.63) is 42.2 Å². The Labute approximate surface area is 108 Å². The van der Waals surface area contributed by atoms with Crippen LogP contribution in [0.3, 0.4) is 0 Å². The zero-order valence-corrected chi connectivity index (χ0v) is 10.2. The molecule has 2 aromatic rings. The number of furan rings is 1. The summed E-state index contributed by atoms with van der Waals surface area (Å²) in [6.07, 6.45) is 0. The van der Waals surface area contributed by atoms with Crippen molar-refractivity contribution in [1.82, 2.24) is 0 Å². The monoisotopic (exact) mass is 283 g/mol. The zero-order chi connectivity index (χ0) is 14.0. The zero-order valence-electron chi connectivity index (χ0n) is 9.40. The Kier molecular flexibility index (Phi) is 3.17. The molecule has 19 heavy (non-hydrogen) atoms. The van der Waals surface area contributed by atoms with Crippen LogP contribution in [-0.2, 0) is 10.0 Å². The van der Waals surface area contributed by atoms with Crippen LogP contribution in [-0.4, -0.2) is 24.6 Å². The van der Waals surface area contributed by atoms with Crippen molar-refractivity contribution in [2.45, 2.75) is 5.09 Å². The molecule has 0 radical (unpaired) electrons. The van der Waals surface area contributed by atoms with Crippen molar-refractivity contribution in [3.63, 3.8) is 0 Å². The first-order valence-corrected chi connectivity index (χ1v) is 6.52. The van der Waals surface area contributed by atoms with Gasteiger partial charge < -0.3 is 14.6 Å². The summed E-state index contributed by atoms with van der Waals surface area (Å²) in [6.45, 7) is 0. The maximum Gasteiger partial charge on any atom is 0.371 e. The van der Waals surface area contributed by atoms with Crippen LogP contribution in [0.15, 0.2) is 45.9 Å². The fourth-order valence-corrected chi connectivity index (χ4v) is 2.34. The first kappa shape index (κ1) is 13.0. The molecule has 0 saturated carbocycles. The molecule has 1 aromatic carbocycles.